The van der Waals surface area contributed by atoms with Crippen LogP contribution in [0.4, 0.5) is 5.82 Å². The molecule has 7 nitrogen and oxygen atoms in total. The highest BCUT2D eigenvalue weighted by atomic mass is 35.5. The summed E-state index contributed by atoms with van der Waals surface area (Å²) in [6.45, 7) is 7.33. The number of anilines is 1. The topological polar surface area (TPSA) is 76.5 Å². The third-order valence-corrected chi connectivity index (χ3v) is 5.75. The Morgan fingerprint density at radius 2 is 2.03 bits per heavy atom. The first-order valence-corrected chi connectivity index (χ1v) is 10.8. The fraction of sp³-hybridized carbons (Fsp3) is 0.500. The third kappa shape index (κ3) is 5.61. The maximum Gasteiger partial charge on any atom is 0.271 e. The number of hydrogen-bond acceptors (Lipinski definition) is 5. The van der Waals surface area contributed by atoms with Crippen LogP contribution in [0.3, 0.4) is 0 Å². The van der Waals surface area contributed by atoms with Gasteiger partial charge in [0.25, 0.3) is 5.56 Å². The molecule has 0 aliphatic carbocycles. The summed E-state index contributed by atoms with van der Waals surface area (Å²) in [5, 5.41) is 8.14. The standard InChI is InChI=1S/C22H29ClN4O3/c1-3-30-14-4-11-24-22(29)17-9-12-26(13-10-17)20-7-8-21(28)27(25-20)18-6-5-16(2)19(23)15-18/h5-8,15,17H,3-4,9-14H2,1-2H3,(H,24,29). The van der Waals surface area contributed by atoms with Crippen LogP contribution in [0.1, 0.15) is 31.7 Å². The summed E-state index contributed by atoms with van der Waals surface area (Å²) in [5.41, 5.74) is 1.38. The van der Waals surface area contributed by atoms with Crippen molar-refractivity contribution in [1.29, 1.82) is 0 Å². The number of aryl methyl sites for hydroxylation is 1. The molecule has 2 heterocycles. The molecular weight excluding hydrogens is 404 g/mol. The number of aromatic nitrogens is 2. The van der Waals surface area contributed by atoms with Gasteiger partial charge in [0, 0.05) is 49.9 Å². The molecule has 1 amide bonds. The van der Waals surface area contributed by atoms with E-state index in [0.29, 0.717) is 30.5 Å². The minimum absolute atomic E-state index is 0.00940. The van der Waals surface area contributed by atoms with Crippen LogP contribution in [-0.2, 0) is 9.53 Å². The van der Waals surface area contributed by atoms with Crippen molar-refractivity contribution >= 4 is 23.3 Å². The number of amides is 1. The maximum absolute atomic E-state index is 12.4. The Balaban J connectivity index is 1.60. The van der Waals surface area contributed by atoms with E-state index in [1.54, 1.807) is 12.1 Å². The summed E-state index contributed by atoms with van der Waals surface area (Å²) >= 11 is 6.21. The molecule has 0 unspecified atom stereocenters. The number of nitrogens with zero attached hydrogens (tertiary/aromatic N) is 3. The highest BCUT2D eigenvalue weighted by molar-refractivity contribution is 6.31. The van der Waals surface area contributed by atoms with E-state index in [2.05, 4.69) is 15.3 Å². The molecule has 0 radical (unpaired) electrons. The second kappa shape index (κ2) is 10.6. The molecule has 8 heteroatoms. The highest BCUT2D eigenvalue weighted by Crippen LogP contribution is 2.23. The van der Waals surface area contributed by atoms with Gasteiger partial charge in [-0.1, -0.05) is 17.7 Å². The van der Waals surface area contributed by atoms with Crippen LogP contribution in [0.15, 0.2) is 35.1 Å². The molecular formula is C22H29ClN4O3. The van der Waals surface area contributed by atoms with Crippen LogP contribution in [0.5, 0.6) is 0 Å². The largest absolute Gasteiger partial charge is 0.382 e. The summed E-state index contributed by atoms with van der Waals surface area (Å²) in [5.74, 6) is 0.843. The average molecular weight is 433 g/mol. The Bertz CT molecular complexity index is 923. The lowest BCUT2D eigenvalue weighted by molar-refractivity contribution is -0.125. The Hall–Kier alpha value is -2.38. The van der Waals surface area contributed by atoms with Gasteiger partial charge in [0.2, 0.25) is 5.91 Å². The Labute approximate surface area is 182 Å². The molecule has 0 bridgehead atoms. The van der Waals surface area contributed by atoms with Gasteiger partial charge in [-0.3, -0.25) is 9.59 Å². The van der Waals surface area contributed by atoms with E-state index in [9.17, 15) is 9.59 Å². The monoisotopic (exact) mass is 432 g/mol. The predicted molar refractivity (Wildman–Crippen MR) is 119 cm³/mol. The van der Waals surface area contributed by atoms with Crippen LogP contribution < -0.4 is 15.8 Å². The lowest BCUT2D eigenvalue weighted by atomic mass is 9.96. The molecule has 1 aromatic heterocycles. The van der Waals surface area contributed by atoms with E-state index in [4.69, 9.17) is 16.3 Å². The first-order valence-electron chi connectivity index (χ1n) is 10.5. The molecule has 1 saturated heterocycles. The molecule has 3 rings (SSSR count). The fourth-order valence-electron chi connectivity index (χ4n) is 3.51. The number of ether oxygens (including phenoxy) is 1. The predicted octanol–water partition coefficient (Wildman–Crippen LogP) is 2.95. The molecule has 30 heavy (non-hydrogen) atoms. The number of nitrogens with one attached hydrogen (secondary N) is 1. The van der Waals surface area contributed by atoms with Crippen molar-refractivity contribution in [2.45, 2.75) is 33.1 Å². The highest BCUT2D eigenvalue weighted by Gasteiger charge is 2.25. The molecule has 2 aromatic rings. The minimum atomic E-state index is -0.208. The lowest BCUT2D eigenvalue weighted by Gasteiger charge is -2.32. The van der Waals surface area contributed by atoms with E-state index >= 15 is 0 Å². The molecule has 0 saturated carbocycles. The summed E-state index contributed by atoms with van der Waals surface area (Å²) in [6, 6.07) is 8.71. The molecule has 0 spiro atoms. The van der Waals surface area contributed by atoms with E-state index in [1.807, 2.05) is 26.0 Å². The van der Waals surface area contributed by atoms with Gasteiger partial charge in [-0.2, -0.15) is 4.68 Å². The van der Waals surface area contributed by atoms with E-state index in [0.717, 1.165) is 43.7 Å². The quantitative estimate of drug-likeness (QED) is 0.649. The van der Waals surface area contributed by atoms with Gasteiger partial charge in [-0.25, -0.2) is 0 Å². The van der Waals surface area contributed by atoms with Gasteiger partial charge in [0.15, 0.2) is 0 Å². The number of carbonyl (C=O) groups is 1. The zero-order valence-corrected chi connectivity index (χ0v) is 18.3. The average Bonchev–Trinajstić information content (AvgIpc) is 2.76. The smallest absolute Gasteiger partial charge is 0.271 e. The van der Waals surface area contributed by atoms with Gasteiger partial charge in [0.05, 0.1) is 5.69 Å². The second-order valence-electron chi connectivity index (χ2n) is 7.48. The SMILES string of the molecule is CCOCCCNC(=O)C1CCN(c2ccc(=O)n(-c3ccc(C)c(Cl)c3)n2)CC1. The molecule has 1 aliphatic heterocycles. The first kappa shape index (κ1) is 22.3. The number of benzene rings is 1. The number of halogens is 1. The molecule has 1 N–H and O–H groups in total. The van der Waals surface area contributed by atoms with Crippen molar-refractivity contribution in [3.05, 3.63) is 51.3 Å². The van der Waals surface area contributed by atoms with Crippen LogP contribution in [0.25, 0.3) is 5.69 Å². The van der Waals surface area contributed by atoms with Crippen LogP contribution in [0, 0.1) is 12.8 Å². The van der Waals surface area contributed by atoms with Gasteiger partial charge < -0.3 is 15.0 Å². The van der Waals surface area contributed by atoms with E-state index < -0.39 is 0 Å². The Morgan fingerprint density at radius 1 is 1.27 bits per heavy atom. The number of carbonyl (C=O) groups excluding carboxylic acids is 1. The van der Waals surface area contributed by atoms with Gasteiger partial charge in [-0.05, 0) is 56.9 Å². The maximum atomic E-state index is 12.4. The number of piperidine rings is 1. The first-order chi connectivity index (χ1) is 14.5. The fourth-order valence-corrected chi connectivity index (χ4v) is 3.69. The molecule has 1 fully saturated rings. The van der Waals surface area contributed by atoms with Crippen molar-refractivity contribution in [2.75, 3.05) is 37.7 Å². The molecule has 1 aliphatic rings. The summed E-state index contributed by atoms with van der Waals surface area (Å²) in [6.07, 6.45) is 2.34. The minimum Gasteiger partial charge on any atom is -0.382 e. The molecule has 0 atom stereocenters. The van der Waals surface area contributed by atoms with Crippen LogP contribution >= 0.6 is 11.6 Å². The van der Waals surface area contributed by atoms with Crippen molar-refractivity contribution in [2.24, 2.45) is 5.92 Å². The summed E-state index contributed by atoms with van der Waals surface area (Å²) in [4.78, 5) is 26.8. The third-order valence-electron chi connectivity index (χ3n) is 5.34. The van der Waals surface area contributed by atoms with E-state index in [-0.39, 0.29) is 17.4 Å². The van der Waals surface area contributed by atoms with Crippen molar-refractivity contribution in [3.8, 4) is 5.69 Å². The van der Waals surface area contributed by atoms with Gasteiger partial charge >= 0.3 is 0 Å². The Kier molecular flexibility index (Phi) is 7.87. The number of rotatable bonds is 8. The van der Waals surface area contributed by atoms with Crippen molar-refractivity contribution < 1.29 is 9.53 Å². The molecule has 1 aromatic carbocycles. The molecule has 162 valence electrons. The second-order valence-corrected chi connectivity index (χ2v) is 7.89. The zero-order chi connectivity index (χ0) is 21.5. The summed E-state index contributed by atoms with van der Waals surface area (Å²) in [7, 11) is 0. The van der Waals surface area contributed by atoms with Crippen LogP contribution in [-0.4, -0.2) is 48.5 Å². The van der Waals surface area contributed by atoms with E-state index in [1.165, 1.54) is 10.7 Å². The van der Waals surface area contributed by atoms with Gasteiger partial charge in [-0.15, -0.1) is 5.10 Å². The summed E-state index contributed by atoms with van der Waals surface area (Å²) < 4.78 is 6.66. The Morgan fingerprint density at radius 3 is 2.73 bits per heavy atom. The number of hydrogen-bond donors (Lipinski definition) is 1. The normalized spacial score (nSPS) is 14.7. The van der Waals surface area contributed by atoms with Crippen molar-refractivity contribution in [3.63, 3.8) is 0 Å². The van der Waals surface area contributed by atoms with Gasteiger partial charge in [0.1, 0.15) is 5.82 Å². The van der Waals surface area contributed by atoms with Crippen LogP contribution in [0.2, 0.25) is 5.02 Å². The zero-order valence-electron chi connectivity index (χ0n) is 17.6. The lowest BCUT2D eigenvalue weighted by Crippen LogP contribution is -2.41. The van der Waals surface area contributed by atoms with Crippen molar-refractivity contribution in [1.82, 2.24) is 15.1 Å².